The van der Waals surface area contributed by atoms with E-state index in [0.717, 1.165) is 60.6 Å². The zero-order chi connectivity index (χ0) is 18.1. The van der Waals surface area contributed by atoms with Crippen LogP contribution >= 0.6 is 23.1 Å². The summed E-state index contributed by atoms with van der Waals surface area (Å²) >= 11 is 3.35. The van der Waals surface area contributed by atoms with Gasteiger partial charge in [0.25, 0.3) is 5.56 Å². The Labute approximate surface area is 161 Å². The lowest BCUT2D eigenvalue weighted by Gasteiger charge is -2.31. The maximum absolute atomic E-state index is 12.4. The number of carbonyl (C=O) groups is 1. The number of aromatic amines is 1. The van der Waals surface area contributed by atoms with Gasteiger partial charge in [-0.2, -0.15) is 11.8 Å². The fourth-order valence-electron chi connectivity index (χ4n) is 4.02. The van der Waals surface area contributed by atoms with Gasteiger partial charge < -0.3 is 9.88 Å². The molecule has 5 nitrogen and oxygen atoms in total. The molecule has 1 saturated heterocycles. The first-order valence-corrected chi connectivity index (χ1v) is 11.5. The molecule has 0 bridgehead atoms. The minimum atomic E-state index is 0.00313. The minimum Gasteiger partial charge on any atom is -0.342 e. The Hall–Kier alpha value is -1.34. The zero-order valence-electron chi connectivity index (χ0n) is 15.2. The molecule has 1 amide bonds. The summed E-state index contributed by atoms with van der Waals surface area (Å²) in [5, 5.41) is 0.811. The van der Waals surface area contributed by atoms with Crippen LogP contribution < -0.4 is 5.56 Å². The van der Waals surface area contributed by atoms with Crippen LogP contribution in [-0.2, 0) is 23.4 Å². The lowest BCUT2D eigenvalue weighted by atomic mass is 10.0. The molecule has 0 aromatic carbocycles. The highest BCUT2D eigenvalue weighted by Gasteiger charge is 2.22. The van der Waals surface area contributed by atoms with Gasteiger partial charge in [0.2, 0.25) is 5.91 Å². The minimum absolute atomic E-state index is 0.00313. The number of likely N-dealkylation sites (tertiary alicyclic amines) is 1. The quantitative estimate of drug-likeness (QED) is 0.794. The predicted molar refractivity (Wildman–Crippen MR) is 108 cm³/mol. The number of amides is 1. The van der Waals surface area contributed by atoms with Crippen molar-refractivity contribution in [3.05, 3.63) is 26.6 Å². The van der Waals surface area contributed by atoms with Gasteiger partial charge in [-0.15, -0.1) is 11.3 Å². The van der Waals surface area contributed by atoms with Gasteiger partial charge in [0.05, 0.1) is 11.1 Å². The molecule has 4 rings (SSSR count). The number of thioether (sulfide) groups is 1. The van der Waals surface area contributed by atoms with Crippen LogP contribution in [0, 0.1) is 5.92 Å². The molecule has 1 fully saturated rings. The molecule has 7 heteroatoms. The van der Waals surface area contributed by atoms with Crippen LogP contribution in [0.3, 0.4) is 0 Å². The van der Waals surface area contributed by atoms with Crippen molar-refractivity contribution in [3.63, 3.8) is 0 Å². The molecule has 1 atom stereocenters. The summed E-state index contributed by atoms with van der Waals surface area (Å²) in [5.74, 6) is 3.03. The smallest absolute Gasteiger partial charge is 0.259 e. The number of aryl methyl sites for hydroxylation is 2. The van der Waals surface area contributed by atoms with Crippen molar-refractivity contribution >= 4 is 39.2 Å². The van der Waals surface area contributed by atoms with Crippen molar-refractivity contribution in [1.82, 2.24) is 14.9 Å². The van der Waals surface area contributed by atoms with Gasteiger partial charge in [0, 0.05) is 30.1 Å². The maximum Gasteiger partial charge on any atom is 0.259 e. The van der Waals surface area contributed by atoms with E-state index in [0.29, 0.717) is 18.1 Å². The number of thiophene rings is 1. The third-order valence-corrected chi connectivity index (χ3v) is 7.49. The fraction of sp³-hybridized carbons (Fsp3) is 0.632. The van der Waals surface area contributed by atoms with Gasteiger partial charge >= 0.3 is 0 Å². The largest absolute Gasteiger partial charge is 0.342 e. The number of nitrogens with one attached hydrogen (secondary N) is 1. The normalized spacial score (nSPS) is 19.9. The van der Waals surface area contributed by atoms with Gasteiger partial charge in [-0.25, -0.2) is 4.98 Å². The Morgan fingerprint density at radius 3 is 3.12 bits per heavy atom. The van der Waals surface area contributed by atoms with E-state index >= 15 is 0 Å². The molecule has 1 unspecified atom stereocenters. The second kappa shape index (κ2) is 7.72. The molecule has 3 heterocycles. The van der Waals surface area contributed by atoms with Gasteiger partial charge in [0.1, 0.15) is 10.7 Å². The number of H-pyrrole nitrogens is 1. The molecule has 2 aliphatic rings. The van der Waals surface area contributed by atoms with E-state index in [2.05, 4.69) is 16.9 Å². The number of rotatable bonds is 5. The number of carbonyl (C=O) groups excluding carboxylic acids is 1. The number of nitrogens with zero attached hydrogens (tertiary/aromatic N) is 2. The van der Waals surface area contributed by atoms with E-state index in [1.54, 1.807) is 23.1 Å². The summed E-state index contributed by atoms with van der Waals surface area (Å²) in [6.45, 7) is 4.02. The van der Waals surface area contributed by atoms with Crippen LogP contribution in [0.4, 0.5) is 0 Å². The third-order valence-electron chi connectivity index (χ3n) is 5.33. The van der Waals surface area contributed by atoms with Crippen LogP contribution in [0.1, 0.15) is 48.9 Å². The summed E-state index contributed by atoms with van der Waals surface area (Å²) in [5.41, 5.74) is 1.22. The van der Waals surface area contributed by atoms with Crippen molar-refractivity contribution < 1.29 is 4.79 Å². The predicted octanol–water partition coefficient (Wildman–Crippen LogP) is 3.36. The molecule has 1 N–H and O–H groups in total. The molecule has 26 heavy (non-hydrogen) atoms. The first-order valence-electron chi connectivity index (χ1n) is 9.51. The van der Waals surface area contributed by atoms with E-state index in [9.17, 15) is 9.59 Å². The summed E-state index contributed by atoms with van der Waals surface area (Å²) < 4.78 is 0. The molecular weight excluding hydrogens is 366 g/mol. The van der Waals surface area contributed by atoms with E-state index in [4.69, 9.17) is 0 Å². The van der Waals surface area contributed by atoms with E-state index in [-0.39, 0.29) is 11.5 Å². The SMILES string of the molecule is CC1CCCN(C(=O)CCSCc2nc3sc4c(c3c(=O)[nH]2)CCC4)C1. The Kier molecular flexibility index (Phi) is 5.36. The van der Waals surface area contributed by atoms with Crippen LogP contribution in [0.2, 0.25) is 0 Å². The first kappa shape index (κ1) is 18.0. The van der Waals surface area contributed by atoms with Crippen molar-refractivity contribution in [1.29, 1.82) is 0 Å². The van der Waals surface area contributed by atoms with E-state index in [1.807, 2.05) is 4.90 Å². The Balaban J connectivity index is 1.32. The molecule has 0 saturated carbocycles. The second-order valence-corrected chi connectivity index (χ2v) is 9.63. The highest BCUT2D eigenvalue weighted by Crippen LogP contribution is 2.34. The van der Waals surface area contributed by atoms with Gasteiger partial charge in [-0.1, -0.05) is 6.92 Å². The number of aromatic nitrogens is 2. The Morgan fingerprint density at radius 2 is 2.27 bits per heavy atom. The van der Waals surface area contributed by atoms with Gasteiger partial charge in [-0.05, 0) is 43.6 Å². The van der Waals surface area contributed by atoms with Crippen molar-refractivity contribution in [2.45, 2.75) is 51.2 Å². The maximum atomic E-state index is 12.4. The molecule has 0 spiro atoms. The zero-order valence-corrected chi connectivity index (χ0v) is 16.8. The average molecular weight is 392 g/mol. The topological polar surface area (TPSA) is 66.1 Å². The summed E-state index contributed by atoms with van der Waals surface area (Å²) in [6.07, 6.45) is 6.15. The molecule has 1 aliphatic heterocycles. The summed E-state index contributed by atoms with van der Waals surface area (Å²) in [6, 6.07) is 0. The van der Waals surface area contributed by atoms with Crippen molar-refractivity contribution in [3.8, 4) is 0 Å². The number of fused-ring (bicyclic) bond motifs is 3. The van der Waals surface area contributed by atoms with E-state index in [1.165, 1.54) is 16.9 Å². The highest BCUT2D eigenvalue weighted by molar-refractivity contribution is 7.98. The molecular formula is C19H25N3O2S2. The summed E-state index contributed by atoms with van der Waals surface area (Å²) in [7, 11) is 0. The molecule has 140 valence electrons. The van der Waals surface area contributed by atoms with Gasteiger partial charge in [-0.3, -0.25) is 9.59 Å². The lowest BCUT2D eigenvalue weighted by Crippen LogP contribution is -2.39. The molecule has 0 radical (unpaired) electrons. The fourth-order valence-corrected chi connectivity index (χ4v) is 6.09. The van der Waals surface area contributed by atoms with Crippen LogP contribution in [0.5, 0.6) is 0 Å². The van der Waals surface area contributed by atoms with Crippen molar-refractivity contribution in [2.75, 3.05) is 18.8 Å². The highest BCUT2D eigenvalue weighted by atomic mass is 32.2. The molecule has 1 aliphatic carbocycles. The first-order chi connectivity index (χ1) is 12.6. The lowest BCUT2D eigenvalue weighted by molar-refractivity contribution is -0.132. The Bertz CT molecular complexity index is 874. The summed E-state index contributed by atoms with van der Waals surface area (Å²) in [4.78, 5) is 36.6. The average Bonchev–Trinajstić information content (AvgIpc) is 3.19. The van der Waals surface area contributed by atoms with Gasteiger partial charge in [0.15, 0.2) is 0 Å². The van der Waals surface area contributed by atoms with Crippen LogP contribution in [0.15, 0.2) is 4.79 Å². The number of hydrogen-bond donors (Lipinski definition) is 1. The number of hydrogen-bond acceptors (Lipinski definition) is 5. The van der Waals surface area contributed by atoms with Crippen LogP contribution in [-0.4, -0.2) is 39.6 Å². The molecule has 2 aromatic heterocycles. The monoisotopic (exact) mass is 391 g/mol. The standard InChI is InChI=1S/C19H25N3O2S2/c1-12-4-3-8-22(10-12)16(23)7-9-25-11-15-20-18(24)17-13-5-2-6-14(13)26-19(17)21-15/h12H,2-11H2,1H3,(H,20,21,24). The third kappa shape index (κ3) is 3.69. The Morgan fingerprint density at radius 1 is 1.38 bits per heavy atom. The van der Waals surface area contributed by atoms with E-state index < -0.39 is 0 Å². The number of piperidine rings is 1. The van der Waals surface area contributed by atoms with Crippen molar-refractivity contribution in [2.24, 2.45) is 5.92 Å². The van der Waals surface area contributed by atoms with Crippen LogP contribution in [0.25, 0.3) is 10.2 Å². The molecule has 2 aromatic rings. The second-order valence-electron chi connectivity index (χ2n) is 7.44.